The smallest absolute Gasteiger partial charge is 0.261 e. The number of para-hydroxylation sites is 1. The number of rotatable bonds is 8. The topological polar surface area (TPSA) is 47.6 Å². The van der Waals surface area contributed by atoms with Gasteiger partial charge < -0.3 is 14.8 Å². The lowest BCUT2D eigenvalue weighted by molar-refractivity contribution is -0.128. The van der Waals surface area contributed by atoms with E-state index in [1.54, 1.807) is 0 Å². The lowest BCUT2D eigenvalue weighted by Gasteiger charge is -2.19. The highest BCUT2D eigenvalue weighted by molar-refractivity contribution is 5.81. The van der Waals surface area contributed by atoms with Gasteiger partial charge in [-0.25, -0.2) is 0 Å². The minimum atomic E-state index is -0.501. The van der Waals surface area contributed by atoms with E-state index in [0.717, 1.165) is 28.2 Å². The summed E-state index contributed by atoms with van der Waals surface area (Å²) in [6, 6.07) is 13.7. The van der Waals surface area contributed by atoms with Crippen LogP contribution in [0.3, 0.4) is 0 Å². The molecule has 1 N–H and O–H groups in total. The van der Waals surface area contributed by atoms with Crippen molar-refractivity contribution in [3.8, 4) is 11.5 Å². The first-order valence-electron chi connectivity index (χ1n) is 8.72. The molecule has 4 heteroatoms. The van der Waals surface area contributed by atoms with Gasteiger partial charge in [0.15, 0.2) is 6.10 Å². The van der Waals surface area contributed by atoms with E-state index in [0.29, 0.717) is 19.6 Å². The third-order valence-corrected chi connectivity index (χ3v) is 4.24. The van der Waals surface area contributed by atoms with E-state index >= 15 is 0 Å². The number of hydrogen-bond acceptors (Lipinski definition) is 3. The van der Waals surface area contributed by atoms with Crippen molar-refractivity contribution < 1.29 is 14.3 Å². The SMILES string of the molecule is CC[C@H](Oc1cccc(C)c1C)C(=O)NCCOc1ccccc1C. The van der Waals surface area contributed by atoms with Gasteiger partial charge >= 0.3 is 0 Å². The van der Waals surface area contributed by atoms with E-state index < -0.39 is 6.10 Å². The van der Waals surface area contributed by atoms with Crippen LogP contribution in [0.4, 0.5) is 0 Å². The second-order valence-corrected chi connectivity index (χ2v) is 6.12. The molecular formula is C21H27NO3. The number of benzene rings is 2. The van der Waals surface area contributed by atoms with Crippen molar-refractivity contribution in [2.75, 3.05) is 13.2 Å². The van der Waals surface area contributed by atoms with Crippen molar-refractivity contribution >= 4 is 5.91 Å². The first kappa shape index (κ1) is 18.8. The largest absolute Gasteiger partial charge is 0.491 e. The molecule has 0 aliphatic heterocycles. The van der Waals surface area contributed by atoms with E-state index in [1.165, 1.54) is 0 Å². The van der Waals surface area contributed by atoms with Gasteiger partial charge in [0, 0.05) is 0 Å². The lowest BCUT2D eigenvalue weighted by atomic mass is 10.1. The van der Waals surface area contributed by atoms with Gasteiger partial charge in [0.2, 0.25) is 0 Å². The van der Waals surface area contributed by atoms with Gasteiger partial charge in [0.05, 0.1) is 6.54 Å². The Balaban J connectivity index is 1.83. The second kappa shape index (κ2) is 9.11. The normalized spacial score (nSPS) is 11.7. The lowest BCUT2D eigenvalue weighted by Crippen LogP contribution is -2.39. The average molecular weight is 341 g/mol. The third kappa shape index (κ3) is 5.24. The van der Waals surface area contributed by atoms with Crippen molar-refractivity contribution in [2.45, 2.75) is 40.2 Å². The molecule has 0 fully saturated rings. The fourth-order valence-electron chi connectivity index (χ4n) is 2.49. The zero-order chi connectivity index (χ0) is 18.2. The summed E-state index contributed by atoms with van der Waals surface area (Å²) in [6.45, 7) is 8.85. The minimum absolute atomic E-state index is 0.114. The molecule has 0 spiro atoms. The zero-order valence-electron chi connectivity index (χ0n) is 15.5. The monoisotopic (exact) mass is 341 g/mol. The third-order valence-electron chi connectivity index (χ3n) is 4.24. The van der Waals surface area contributed by atoms with Crippen molar-refractivity contribution in [2.24, 2.45) is 0 Å². The molecule has 4 nitrogen and oxygen atoms in total. The molecule has 2 rings (SSSR count). The number of hydrogen-bond donors (Lipinski definition) is 1. The molecular weight excluding hydrogens is 314 g/mol. The molecule has 0 radical (unpaired) electrons. The Morgan fingerprint density at radius 1 is 1.00 bits per heavy atom. The molecule has 0 aromatic heterocycles. The van der Waals surface area contributed by atoms with Crippen LogP contribution in [0, 0.1) is 20.8 Å². The fraction of sp³-hybridized carbons (Fsp3) is 0.381. The van der Waals surface area contributed by atoms with Crippen LogP contribution < -0.4 is 14.8 Å². The molecule has 134 valence electrons. The standard InChI is InChI=1S/C21H27NO3/c1-5-18(25-20-12-8-10-15(2)17(20)4)21(23)22-13-14-24-19-11-7-6-9-16(19)3/h6-12,18H,5,13-14H2,1-4H3,(H,22,23)/t18-/m0/s1. The van der Waals surface area contributed by atoms with Crippen molar-refractivity contribution in [3.63, 3.8) is 0 Å². The molecule has 0 bridgehead atoms. The van der Waals surface area contributed by atoms with Gasteiger partial charge in [-0.2, -0.15) is 0 Å². The summed E-state index contributed by atoms with van der Waals surface area (Å²) in [6.07, 6.45) is 0.108. The Kier molecular flexibility index (Phi) is 6.87. The average Bonchev–Trinajstić information content (AvgIpc) is 2.61. The van der Waals surface area contributed by atoms with Crippen molar-refractivity contribution in [1.82, 2.24) is 5.32 Å². The van der Waals surface area contributed by atoms with Gasteiger partial charge in [0.1, 0.15) is 18.1 Å². The minimum Gasteiger partial charge on any atom is -0.491 e. The Hall–Kier alpha value is -2.49. The number of carbonyl (C=O) groups is 1. The van der Waals surface area contributed by atoms with Crippen LogP contribution in [0.2, 0.25) is 0 Å². The van der Waals surface area contributed by atoms with E-state index in [1.807, 2.05) is 70.2 Å². The number of nitrogens with one attached hydrogen (secondary N) is 1. The van der Waals surface area contributed by atoms with Crippen LogP contribution in [-0.2, 0) is 4.79 Å². The van der Waals surface area contributed by atoms with E-state index in [4.69, 9.17) is 9.47 Å². The van der Waals surface area contributed by atoms with Crippen LogP contribution in [0.5, 0.6) is 11.5 Å². The molecule has 0 saturated heterocycles. The summed E-state index contributed by atoms with van der Waals surface area (Å²) in [5, 5.41) is 2.89. The number of amides is 1. The second-order valence-electron chi connectivity index (χ2n) is 6.12. The summed E-state index contributed by atoms with van der Waals surface area (Å²) < 4.78 is 11.6. The number of ether oxygens (including phenoxy) is 2. The van der Waals surface area contributed by atoms with Gasteiger partial charge in [-0.05, 0) is 56.0 Å². The summed E-state index contributed by atoms with van der Waals surface area (Å²) in [5.74, 6) is 1.49. The van der Waals surface area contributed by atoms with E-state index in [9.17, 15) is 4.79 Å². The van der Waals surface area contributed by atoms with Crippen LogP contribution >= 0.6 is 0 Å². The highest BCUT2D eigenvalue weighted by Crippen LogP contribution is 2.22. The highest BCUT2D eigenvalue weighted by Gasteiger charge is 2.19. The molecule has 0 aliphatic rings. The Morgan fingerprint density at radius 2 is 1.68 bits per heavy atom. The molecule has 0 unspecified atom stereocenters. The molecule has 2 aromatic carbocycles. The highest BCUT2D eigenvalue weighted by atomic mass is 16.5. The first-order chi connectivity index (χ1) is 12.0. The summed E-state index contributed by atoms with van der Waals surface area (Å²) >= 11 is 0. The Bertz CT molecular complexity index is 712. The maximum Gasteiger partial charge on any atom is 0.261 e. The quantitative estimate of drug-likeness (QED) is 0.739. The molecule has 0 aliphatic carbocycles. The molecule has 1 amide bonds. The Labute approximate surface area is 150 Å². The molecule has 0 heterocycles. The van der Waals surface area contributed by atoms with Gasteiger partial charge in [-0.1, -0.05) is 37.3 Å². The van der Waals surface area contributed by atoms with Crippen LogP contribution in [0.1, 0.15) is 30.0 Å². The van der Waals surface area contributed by atoms with Crippen LogP contribution in [0.25, 0.3) is 0 Å². The van der Waals surface area contributed by atoms with Crippen LogP contribution in [-0.4, -0.2) is 25.2 Å². The maximum absolute atomic E-state index is 12.4. The molecule has 2 aromatic rings. The zero-order valence-corrected chi connectivity index (χ0v) is 15.5. The van der Waals surface area contributed by atoms with Crippen molar-refractivity contribution in [3.05, 3.63) is 59.2 Å². The van der Waals surface area contributed by atoms with Crippen LogP contribution in [0.15, 0.2) is 42.5 Å². The first-order valence-corrected chi connectivity index (χ1v) is 8.72. The molecule has 1 atom stereocenters. The predicted molar refractivity (Wildman–Crippen MR) is 100 cm³/mol. The summed E-state index contributed by atoms with van der Waals surface area (Å²) in [4.78, 5) is 12.4. The van der Waals surface area contributed by atoms with E-state index in [2.05, 4.69) is 5.32 Å². The fourth-order valence-corrected chi connectivity index (χ4v) is 2.49. The van der Waals surface area contributed by atoms with Gasteiger partial charge in [-0.15, -0.1) is 0 Å². The van der Waals surface area contributed by atoms with Crippen molar-refractivity contribution in [1.29, 1.82) is 0 Å². The number of aryl methyl sites for hydroxylation is 2. The predicted octanol–water partition coefficient (Wildman–Crippen LogP) is 3.96. The molecule has 0 saturated carbocycles. The molecule has 25 heavy (non-hydrogen) atoms. The Morgan fingerprint density at radius 3 is 2.40 bits per heavy atom. The maximum atomic E-state index is 12.4. The van der Waals surface area contributed by atoms with Gasteiger partial charge in [0.25, 0.3) is 5.91 Å². The van der Waals surface area contributed by atoms with Gasteiger partial charge in [-0.3, -0.25) is 4.79 Å². The summed E-state index contributed by atoms with van der Waals surface area (Å²) in [5.41, 5.74) is 3.30. The summed E-state index contributed by atoms with van der Waals surface area (Å²) in [7, 11) is 0. The van der Waals surface area contributed by atoms with E-state index in [-0.39, 0.29) is 5.91 Å². The number of carbonyl (C=O) groups excluding carboxylic acids is 1.